The second kappa shape index (κ2) is 4.28. The molecule has 1 aromatic rings. The third-order valence-corrected chi connectivity index (χ3v) is 4.21. The van der Waals surface area contributed by atoms with E-state index in [0.717, 1.165) is 5.92 Å². The van der Waals surface area contributed by atoms with E-state index in [0.29, 0.717) is 0 Å². The lowest BCUT2D eigenvalue weighted by atomic mass is 9.86. The van der Waals surface area contributed by atoms with Crippen molar-refractivity contribution >= 4 is 11.3 Å². The molecule has 0 atom stereocenters. The monoisotopic (exact) mass is 194 g/mol. The van der Waals surface area contributed by atoms with Crippen LogP contribution in [-0.4, -0.2) is 0 Å². The van der Waals surface area contributed by atoms with E-state index in [1.165, 1.54) is 44.1 Å². The van der Waals surface area contributed by atoms with E-state index in [2.05, 4.69) is 18.4 Å². The lowest BCUT2D eigenvalue weighted by Crippen LogP contribution is -2.08. The number of hydrogen-bond acceptors (Lipinski definition) is 1. The molecule has 72 valence electrons. The Morgan fingerprint density at radius 2 is 2.08 bits per heavy atom. The van der Waals surface area contributed by atoms with Gasteiger partial charge in [0.2, 0.25) is 0 Å². The van der Waals surface area contributed by atoms with Gasteiger partial charge in [0.05, 0.1) is 0 Å². The summed E-state index contributed by atoms with van der Waals surface area (Å²) in [5.41, 5.74) is 1.51. The van der Waals surface area contributed by atoms with Crippen LogP contribution in [0, 0.1) is 12.8 Å². The summed E-state index contributed by atoms with van der Waals surface area (Å²) in [7, 11) is 0. The lowest BCUT2D eigenvalue weighted by Gasteiger charge is -2.21. The van der Waals surface area contributed by atoms with Crippen molar-refractivity contribution in [3.05, 3.63) is 21.9 Å². The Bertz CT molecular complexity index is 256. The quantitative estimate of drug-likeness (QED) is 0.662. The van der Waals surface area contributed by atoms with Crippen molar-refractivity contribution in [2.24, 2.45) is 5.92 Å². The molecule has 0 saturated heterocycles. The van der Waals surface area contributed by atoms with Gasteiger partial charge in [-0.25, -0.2) is 0 Å². The summed E-state index contributed by atoms with van der Waals surface area (Å²) in [6.45, 7) is 2.24. The van der Waals surface area contributed by atoms with Crippen LogP contribution in [0.3, 0.4) is 0 Å². The van der Waals surface area contributed by atoms with Crippen LogP contribution in [0.25, 0.3) is 0 Å². The average molecular weight is 194 g/mol. The highest BCUT2D eigenvalue weighted by atomic mass is 32.1. The third-order valence-electron chi connectivity index (χ3n) is 3.17. The van der Waals surface area contributed by atoms with Gasteiger partial charge in [-0.15, -0.1) is 11.3 Å². The van der Waals surface area contributed by atoms with Gasteiger partial charge < -0.3 is 0 Å². The Balaban J connectivity index is 1.93. The first-order valence-corrected chi connectivity index (χ1v) is 6.27. The van der Waals surface area contributed by atoms with Gasteiger partial charge >= 0.3 is 0 Å². The van der Waals surface area contributed by atoms with Gasteiger partial charge in [0, 0.05) is 4.88 Å². The molecular formula is C12H18S. The van der Waals surface area contributed by atoms with Crippen LogP contribution in [0.4, 0.5) is 0 Å². The maximum absolute atomic E-state index is 2.25. The van der Waals surface area contributed by atoms with E-state index in [1.54, 1.807) is 4.88 Å². The van der Waals surface area contributed by atoms with Gasteiger partial charge in [-0.3, -0.25) is 0 Å². The van der Waals surface area contributed by atoms with E-state index < -0.39 is 0 Å². The van der Waals surface area contributed by atoms with E-state index >= 15 is 0 Å². The van der Waals surface area contributed by atoms with Crippen LogP contribution in [0.15, 0.2) is 11.4 Å². The Labute approximate surface area is 85.0 Å². The SMILES string of the molecule is Cc1ccsc1CC1CCCCC1. The molecule has 1 aromatic heterocycles. The summed E-state index contributed by atoms with van der Waals surface area (Å²) in [6.07, 6.45) is 8.70. The van der Waals surface area contributed by atoms with E-state index in [4.69, 9.17) is 0 Å². The predicted octanol–water partition coefficient (Wildman–Crippen LogP) is 4.18. The summed E-state index contributed by atoms with van der Waals surface area (Å²) in [5.74, 6) is 0.992. The maximum Gasteiger partial charge on any atom is 0.00771 e. The first-order valence-electron chi connectivity index (χ1n) is 5.39. The van der Waals surface area contributed by atoms with Gasteiger partial charge in [-0.2, -0.15) is 0 Å². The van der Waals surface area contributed by atoms with Gasteiger partial charge in [0.25, 0.3) is 0 Å². The normalized spacial score (nSPS) is 19.2. The van der Waals surface area contributed by atoms with Crippen molar-refractivity contribution < 1.29 is 0 Å². The van der Waals surface area contributed by atoms with Gasteiger partial charge in [-0.1, -0.05) is 32.1 Å². The summed E-state index contributed by atoms with van der Waals surface area (Å²) >= 11 is 1.94. The van der Waals surface area contributed by atoms with Gasteiger partial charge in [0.1, 0.15) is 0 Å². The molecule has 1 fully saturated rings. The molecule has 0 unspecified atom stereocenters. The fourth-order valence-corrected chi connectivity index (χ4v) is 3.29. The first kappa shape index (κ1) is 9.26. The molecule has 0 N–H and O–H groups in total. The van der Waals surface area contributed by atoms with Crippen molar-refractivity contribution in [3.8, 4) is 0 Å². The number of thiophene rings is 1. The Hall–Kier alpha value is -0.300. The zero-order chi connectivity index (χ0) is 9.10. The minimum absolute atomic E-state index is 0.992. The van der Waals surface area contributed by atoms with Crippen LogP contribution in [0.5, 0.6) is 0 Å². The molecule has 0 aromatic carbocycles. The highest BCUT2D eigenvalue weighted by Crippen LogP contribution is 2.29. The molecule has 0 nitrogen and oxygen atoms in total. The van der Waals surface area contributed by atoms with Gasteiger partial charge in [0.15, 0.2) is 0 Å². The van der Waals surface area contributed by atoms with Crippen molar-refractivity contribution in [1.29, 1.82) is 0 Å². The predicted molar refractivity (Wildman–Crippen MR) is 59.3 cm³/mol. The molecule has 0 radical (unpaired) electrons. The molecule has 1 aliphatic rings. The highest BCUT2D eigenvalue weighted by Gasteiger charge is 2.15. The Morgan fingerprint density at radius 3 is 2.69 bits per heavy atom. The largest absolute Gasteiger partial charge is 0.149 e. The summed E-state index contributed by atoms with van der Waals surface area (Å²) in [6, 6.07) is 2.25. The molecule has 1 aliphatic carbocycles. The molecule has 0 spiro atoms. The highest BCUT2D eigenvalue weighted by molar-refractivity contribution is 7.10. The summed E-state index contributed by atoms with van der Waals surface area (Å²) in [5, 5.41) is 2.23. The van der Waals surface area contributed by atoms with E-state index in [-0.39, 0.29) is 0 Å². The molecule has 1 heteroatoms. The minimum Gasteiger partial charge on any atom is -0.149 e. The van der Waals surface area contributed by atoms with Crippen molar-refractivity contribution in [1.82, 2.24) is 0 Å². The summed E-state index contributed by atoms with van der Waals surface area (Å²) in [4.78, 5) is 1.63. The average Bonchev–Trinajstić information content (AvgIpc) is 2.54. The number of aryl methyl sites for hydroxylation is 1. The van der Waals surface area contributed by atoms with Crippen LogP contribution in [-0.2, 0) is 6.42 Å². The Morgan fingerprint density at radius 1 is 1.31 bits per heavy atom. The molecule has 0 aliphatic heterocycles. The standard InChI is InChI=1S/C12H18S/c1-10-7-8-13-12(10)9-11-5-3-2-4-6-11/h7-8,11H,2-6,9H2,1H3. The number of hydrogen-bond donors (Lipinski definition) is 0. The first-order chi connectivity index (χ1) is 6.36. The van der Waals surface area contributed by atoms with Crippen molar-refractivity contribution in [3.63, 3.8) is 0 Å². The van der Waals surface area contributed by atoms with E-state index in [1.807, 2.05) is 11.3 Å². The van der Waals surface area contributed by atoms with E-state index in [9.17, 15) is 0 Å². The molecule has 13 heavy (non-hydrogen) atoms. The smallest absolute Gasteiger partial charge is 0.00771 e. The topological polar surface area (TPSA) is 0 Å². The maximum atomic E-state index is 2.25. The molecule has 1 heterocycles. The second-order valence-electron chi connectivity index (χ2n) is 4.23. The minimum atomic E-state index is 0.992. The molecular weight excluding hydrogens is 176 g/mol. The third kappa shape index (κ3) is 2.34. The zero-order valence-corrected chi connectivity index (χ0v) is 9.20. The van der Waals surface area contributed by atoms with Crippen LogP contribution >= 0.6 is 11.3 Å². The molecule has 1 saturated carbocycles. The van der Waals surface area contributed by atoms with Crippen molar-refractivity contribution in [2.45, 2.75) is 45.4 Å². The van der Waals surface area contributed by atoms with Crippen LogP contribution in [0.1, 0.15) is 42.5 Å². The Kier molecular flexibility index (Phi) is 3.05. The fourth-order valence-electron chi connectivity index (χ4n) is 2.27. The van der Waals surface area contributed by atoms with Gasteiger partial charge in [-0.05, 0) is 36.3 Å². The number of rotatable bonds is 2. The second-order valence-corrected chi connectivity index (χ2v) is 5.24. The fraction of sp³-hybridized carbons (Fsp3) is 0.667. The molecule has 0 bridgehead atoms. The van der Waals surface area contributed by atoms with Crippen molar-refractivity contribution in [2.75, 3.05) is 0 Å². The van der Waals surface area contributed by atoms with Crippen LogP contribution in [0.2, 0.25) is 0 Å². The summed E-state index contributed by atoms with van der Waals surface area (Å²) < 4.78 is 0. The lowest BCUT2D eigenvalue weighted by molar-refractivity contribution is 0.358. The molecule has 0 amide bonds. The molecule has 2 rings (SSSR count). The zero-order valence-electron chi connectivity index (χ0n) is 8.38. The van der Waals surface area contributed by atoms with Crippen LogP contribution < -0.4 is 0 Å².